The van der Waals surface area contributed by atoms with Crippen molar-refractivity contribution in [2.45, 2.75) is 5.75 Å². The first-order chi connectivity index (χ1) is 12.3. The summed E-state index contributed by atoms with van der Waals surface area (Å²) < 4.78 is 41.5. The van der Waals surface area contributed by atoms with E-state index in [0.29, 0.717) is 27.9 Å². The van der Waals surface area contributed by atoms with Gasteiger partial charge in [-0.15, -0.1) is 0 Å². The lowest BCUT2D eigenvalue weighted by Crippen LogP contribution is -2.03. The number of hydrogen-bond donors (Lipinski definition) is 0. The molecule has 0 radical (unpaired) electrons. The maximum Gasteiger partial charge on any atom is 0.153 e. The Morgan fingerprint density at radius 1 is 1.00 bits per heavy atom. The number of sulfone groups is 1. The number of benzene rings is 2. The molecule has 0 unspecified atom stereocenters. The van der Waals surface area contributed by atoms with Gasteiger partial charge in [-0.3, -0.25) is 4.98 Å². The Morgan fingerprint density at radius 2 is 1.58 bits per heavy atom. The second kappa shape index (κ2) is 7.43. The molecule has 26 heavy (non-hydrogen) atoms. The van der Waals surface area contributed by atoms with Crippen LogP contribution in [0.25, 0.3) is 11.3 Å². The summed E-state index contributed by atoms with van der Waals surface area (Å²) in [6.45, 7) is 0. The molecule has 4 nitrogen and oxygen atoms in total. The first kappa shape index (κ1) is 18.4. The third-order valence-electron chi connectivity index (χ3n) is 3.45. The molecule has 0 fully saturated rings. The van der Waals surface area contributed by atoms with Crippen LogP contribution in [0.5, 0.6) is 11.5 Å². The van der Waals surface area contributed by atoms with Crippen molar-refractivity contribution in [3.63, 3.8) is 0 Å². The molecule has 0 N–H and O–H groups in total. The monoisotopic (exact) mass is 391 g/mol. The molecule has 0 saturated heterocycles. The highest BCUT2D eigenvalue weighted by Gasteiger charge is 2.10. The van der Waals surface area contributed by atoms with Gasteiger partial charge in [0.05, 0.1) is 17.1 Å². The normalized spacial score (nSPS) is 11.3. The number of halogens is 2. The lowest BCUT2D eigenvalue weighted by atomic mass is 10.1. The highest BCUT2D eigenvalue weighted by Crippen LogP contribution is 2.27. The van der Waals surface area contributed by atoms with E-state index in [9.17, 15) is 12.8 Å². The van der Waals surface area contributed by atoms with Crippen molar-refractivity contribution in [2.75, 3.05) is 6.26 Å². The molecule has 0 aliphatic heterocycles. The van der Waals surface area contributed by atoms with Crippen molar-refractivity contribution in [2.24, 2.45) is 0 Å². The van der Waals surface area contributed by atoms with Crippen LogP contribution in [0.3, 0.4) is 0 Å². The van der Waals surface area contributed by atoms with Gasteiger partial charge in [-0.25, -0.2) is 12.8 Å². The van der Waals surface area contributed by atoms with Gasteiger partial charge in [-0.05, 0) is 60.7 Å². The summed E-state index contributed by atoms with van der Waals surface area (Å²) in [5, 5.41) is 0.417. The maximum absolute atomic E-state index is 12.9. The fraction of sp³-hybridized carbons (Fsp3) is 0.105. The van der Waals surface area contributed by atoms with E-state index in [1.54, 1.807) is 42.5 Å². The summed E-state index contributed by atoms with van der Waals surface area (Å²) >= 11 is 6.09. The van der Waals surface area contributed by atoms with Gasteiger partial charge in [-0.2, -0.15) is 0 Å². The van der Waals surface area contributed by atoms with Gasteiger partial charge in [0.25, 0.3) is 0 Å². The molecule has 3 aromatic rings. The highest BCUT2D eigenvalue weighted by molar-refractivity contribution is 7.89. The molecule has 1 aromatic heterocycles. The predicted molar refractivity (Wildman–Crippen MR) is 99.7 cm³/mol. The molecule has 0 atom stereocenters. The Balaban J connectivity index is 1.83. The van der Waals surface area contributed by atoms with E-state index in [4.69, 9.17) is 16.3 Å². The van der Waals surface area contributed by atoms with E-state index >= 15 is 0 Å². The van der Waals surface area contributed by atoms with Crippen molar-refractivity contribution >= 4 is 21.4 Å². The number of ether oxygens (including phenoxy) is 1. The number of pyridine rings is 1. The molecule has 134 valence electrons. The summed E-state index contributed by atoms with van der Waals surface area (Å²) in [4.78, 5) is 4.37. The van der Waals surface area contributed by atoms with E-state index in [1.807, 2.05) is 0 Å². The molecular formula is C19H15ClFNO3S. The lowest BCUT2D eigenvalue weighted by Gasteiger charge is -2.08. The van der Waals surface area contributed by atoms with Crippen molar-refractivity contribution in [3.8, 4) is 22.8 Å². The second-order valence-electron chi connectivity index (χ2n) is 5.81. The Hall–Kier alpha value is -2.44. The summed E-state index contributed by atoms with van der Waals surface area (Å²) in [5.74, 6) is 0.602. The van der Waals surface area contributed by atoms with Crippen molar-refractivity contribution in [1.82, 2.24) is 4.98 Å². The predicted octanol–water partition coefficient (Wildman–Crippen LogP) is 4.88. The van der Waals surface area contributed by atoms with Gasteiger partial charge in [0.2, 0.25) is 0 Å². The van der Waals surface area contributed by atoms with Crippen LogP contribution in [0.2, 0.25) is 5.02 Å². The zero-order valence-electron chi connectivity index (χ0n) is 13.8. The molecule has 0 aliphatic rings. The van der Waals surface area contributed by atoms with Crippen LogP contribution >= 0.6 is 11.6 Å². The summed E-state index contributed by atoms with van der Waals surface area (Å²) in [6.07, 6.45) is 1.15. The summed E-state index contributed by atoms with van der Waals surface area (Å²) in [5.41, 5.74) is 1.74. The van der Waals surface area contributed by atoms with Crippen molar-refractivity contribution in [3.05, 3.63) is 77.2 Å². The molecule has 7 heteroatoms. The Morgan fingerprint density at radius 3 is 2.15 bits per heavy atom. The largest absolute Gasteiger partial charge is 0.457 e. The smallest absolute Gasteiger partial charge is 0.153 e. The first-order valence-corrected chi connectivity index (χ1v) is 10.1. The standard InChI is InChI=1S/C19H15ClFNO3S/c1-26(23,24)12-16-10-14(20)11-19(22-16)13-2-6-17(7-3-13)25-18-8-4-15(21)5-9-18/h2-11H,12H2,1H3. The van der Waals surface area contributed by atoms with Crippen molar-refractivity contribution < 1.29 is 17.5 Å². The van der Waals surface area contributed by atoms with E-state index in [0.717, 1.165) is 11.8 Å². The Bertz CT molecular complexity index is 1020. The van der Waals surface area contributed by atoms with Crippen molar-refractivity contribution in [1.29, 1.82) is 0 Å². The third-order valence-corrected chi connectivity index (χ3v) is 4.49. The zero-order chi connectivity index (χ0) is 18.7. The quantitative estimate of drug-likeness (QED) is 0.622. The van der Waals surface area contributed by atoms with Gasteiger partial charge < -0.3 is 4.74 Å². The summed E-state index contributed by atoms with van der Waals surface area (Å²) in [6, 6.07) is 16.0. The Kier molecular flexibility index (Phi) is 5.25. The van der Waals surface area contributed by atoms with Gasteiger partial charge >= 0.3 is 0 Å². The second-order valence-corrected chi connectivity index (χ2v) is 8.39. The number of rotatable bonds is 5. The van der Waals surface area contributed by atoms with Crippen LogP contribution in [0.15, 0.2) is 60.7 Å². The zero-order valence-corrected chi connectivity index (χ0v) is 15.4. The van der Waals surface area contributed by atoms with Gasteiger partial charge in [0.15, 0.2) is 9.84 Å². The molecular weight excluding hydrogens is 377 g/mol. The van der Waals surface area contributed by atoms with E-state index in [2.05, 4.69) is 4.98 Å². The van der Waals surface area contributed by atoms with Gasteiger partial charge in [0, 0.05) is 16.8 Å². The van der Waals surface area contributed by atoms with Crippen LogP contribution < -0.4 is 4.74 Å². The highest BCUT2D eigenvalue weighted by atomic mass is 35.5. The van der Waals surface area contributed by atoms with Crippen LogP contribution in [0.4, 0.5) is 4.39 Å². The minimum atomic E-state index is -3.21. The molecule has 3 rings (SSSR count). The van der Waals surface area contributed by atoms with Crippen LogP contribution in [0, 0.1) is 5.82 Å². The molecule has 2 aromatic carbocycles. The minimum Gasteiger partial charge on any atom is -0.457 e. The van der Waals surface area contributed by atoms with Crippen LogP contribution in [0.1, 0.15) is 5.69 Å². The van der Waals surface area contributed by atoms with Crippen LogP contribution in [-0.2, 0) is 15.6 Å². The third kappa shape index (κ3) is 5.03. The fourth-order valence-electron chi connectivity index (χ4n) is 2.37. The lowest BCUT2D eigenvalue weighted by molar-refractivity contribution is 0.480. The van der Waals surface area contributed by atoms with Crippen LogP contribution in [-0.4, -0.2) is 19.7 Å². The SMILES string of the molecule is CS(=O)(=O)Cc1cc(Cl)cc(-c2ccc(Oc3ccc(F)cc3)cc2)n1. The van der Waals surface area contributed by atoms with E-state index in [1.165, 1.54) is 18.2 Å². The molecule has 0 amide bonds. The molecule has 0 aliphatic carbocycles. The van der Waals surface area contributed by atoms with Gasteiger partial charge in [-0.1, -0.05) is 11.6 Å². The first-order valence-electron chi connectivity index (χ1n) is 7.66. The average molecular weight is 392 g/mol. The number of aromatic nitrogens is 1. The average Bonchev–Trinajstić information content (AvgIpc) is 2.55. The topological polar surface area (TPSA) is 56.3 Å². The van der Waals surface area contributed by atoms with Gasteiger partial charge in [0.1, 0.15) is 17.3 Å². The molecule has 1 heterocycles. The minimum absolute atomic E-state index is 0.174. The van der Waals surface area contributed by atoms with E-state index < -0.39 is 9.84 Å². The summed E-state index contributed by atoms with van der Waals surface area (Å²) in [7, 11) is -3.21. The maximum atomic E-state index is 12.9. The number of nitrogens with zero attached hydrogens (tertiary/aromatic N) is 1. The fourth-order valence-corrected chi connectivity index (χ4v) is 3.29. The molecule has 0 spiro atoms. The molecule has 0 saturated carbocycles. The molecule has 0 bridgehead atoms. The number of hydrogen-bond acceptors (Lipinski definition) is 4. The Labute approximate surface area is 156 Å². The van der Waals surface area contributed by atoms with E-state index in [-0.39, 0.29) is 11.6 Å².